The van der Waals surface area contributed by atoms with E-state index >= 15 is 0 Å². The number of likely N-dealkylation sites (N-methyl/N-ethyl adjacent to an activating group) is 1. The summed E-state index contributed by atoms with van der Waals surface area (Å²) in [5.74, 6) is 4.60. The minimum absolute atomic E-state index is 0.0745. The average molecular weight is 1420 g/mol. The molecule has 6 aromatic rings. The Bertz CT molecular complexity index is 3270. The maximum atomic E-state index is 11.0. The lowest BCUT2D eigenvalue weighted by atomic mass is 10.00. The second-order valence-electron chi connectivity index (χ2n) is 31.5. The van der Waals surface area contributed by atoms with E-state index in [0.29, 0.717) is 41.9 Å². The maximum Gasteiger partial charge on any atom is 0.147 e. The van der Waals surface area contributed by atoms with E-state index in [9.17, 15) is 17.7 Å². The van der Waals surface area contributed by atoms with Crippen LogP contribution in [0, 0.1) is 0 Å². The highest BCUT2D eigenvalue weighted by Crippen LogP contribution is 2.25. The molecule has 0 saturated carbocycles. The lowest BCUT2D eigenvalue weighted by Crippen LogP contribution is -2.48. The fourth-order valence-corrected chi connectivity index (χ4v) is 14.1. The Labute approximate surface area is 619 Å². The Morgan fingerprint density at radius 1 is 0.426 bits per heavy atom. The number of rotatable bonds is 23. The van der Waals surface area contributed by atoms with Crippen LogP contribution in [0.3, 0.4) is 0 Å². The number of piperidine rings is 3. The maximum absolute atomic E-state index is 11.0. The highest BCUT2D eigenvalue weighted by Gasteiger charge is 2.26. The first-order valence-electron chi connectivity index (χ1n) is 38.5. The molecule has 0 aromatic heterocycles. The number of ether oxygens (including phenoxy) is 1. The molecule has 1 unspecified atom stereocenters. The van der Waals surface area contributed by atoms with Crippen molar-refractivity contribution in [3.63, 3.8) is 0 Å². The van der Waals surface area contributed by atoms with E-state index < -0.39 is 20.6 Å². The fraction of sp³-hybridized carbons (Fsp3) is 0.591. The summed E-state index contributed by atoms with van der Waals surface area (Å²) in [4.78, 5) is 14.9. The zero-order valence-electron chi connectivity index (χ0n) is 66.3. The molecule has 4 fully saturated rings. The predicted octanol–water partition coefficient (Wildman–Crippen LogP) is 17.3. The Morgan fingerprint density at radius 3 is 1.00 bits per heavy atom. The average Bonchev–Trinajstić information content (AvgIpc) is 0.917. The summed E-state index contributed by atoms with van der Waals surface area (Å²) in [7, 11) is 5.10. The minimum Gasteiger partial charge on any atom is -0.393 e. The number of morpholine rings is 1. The zero-order chi connectivity index (χ0) is 74.0. The van der Waals surface area contributed by atoms with E-state index in [-0.39, 0.29) is 11.9 Å². The summed E-state index contributed by atoms with van der Waals surface area (Å²) in [6.07, 6.45) is 12.7. The lowest BCUT2D eigenvalue weighted by Gasteiger charge is -2.40. The summed E-state index contributed by atoms with van der Waals surface area (Å²) in [5.41, 5.74) is 16.5. The number of hydrogen-bond acceptors (Lipinski definition) is 11. The molecule has 4 aliphatic rings. The number of benzene rings is 6. The molecule has 1 atom stereocenters. The van der Waals surface area contributed by atoms with Gasteiger partial charge in [-0.3, -0.25) is 23.8 Å². The van der Waals surface area contributed by atoms with Crippen molar-refractivity contribution in [1.29, 1.82) is 0 Å². The second kappa shape index (κ2) is 46.1. The van der Waals surface area contributed by atoms with Crippen molar-refractivity contribution in [2.45, 2.75) is 214 Å². The Hall–Kier alpha value is -4.90. The van der Waals surface area contributed by atoms with Crippen LogP contribution in [0.5, 0.6) is 0 Å². The van der Waals surface area contributed by atoms with Crippen LogP contribution in [-0.2, 0) is 64.3 Å². The van der Waals surface area contributed by atoms with Crippen LogP contribution in [0.2, 0.25) is 0 Å². The van der Waals surface area contributed by atoms with Crippen molar-refractivity contribution in [2.75, 3.05) is 124 Å². The second-order valence-corrected chi connectivity index (χ2v) is 35.3. The summed E-state index contributed by atoms with van der Waals surface area (Å²) in [6, 6.07) is 54.6. The molecule has 10 rings (SSSR count). The van der Waals surface area contributed by atoms with Gasteiger partial charge in [0.25, 0.3) is 0 Å². The summed E-state index contributed by atoms with van der Waals surface area (Å²) < 4.78 is 38.3. The SMILES string of the molecule is CC(C)c1ccc(CCN(C)C)cc1.CC(C)c1ccc(CCS(C)(=O)=O)cc1.CC(C)c1ccc(CCS(C)=O)cc1.CC(C)c1ccc(CN2CCC(N(C)C)CC2)cc1.CC(C)c1ccc(CN2CCC(N3CCOCC3)CC2)cc1.CC(C)c1ccc(CN2CCC(O)CC2)cc1. The molecule has 101 heavy (non-hydrogen) atoms. The molecular formula is C88H138N6O5S2. The van der Waals surface area contributed by atoms with Crippen LogP contribution >= 0.6 is 0 Å². The third kappa shape index (κ3) is 35.2. The van der Waals surface area contributed by atoms with Crippen molar-refractivity contribution < 1.29 is 22.5 Å². The number of nitrogens with zero attached hydrogens (tertiary/aromatic N) is 6. The van der Waals surface area contributed by atoms with Crippen molar-refractivity contribution in [3.8, 4) is 0 Å². The first-order valence-corrected chi connectivity index (χ1v) is 42.3. The molecule has 0 radical (unpaired) electrons. The van der Waals surface area contributed by atoms with Gasteiger partial charge in [0.05, 0.1) is 25.1 Å². The smallest absolute Gasteiger partial charge is 0.147 e. The fourth-order valence-electron chi connectivity index (χ4n) is 13.0. The monoisotopic (exact) mass is 1420 g/mol. The van der Waals surface area contributed by atoms with Gasteiger partial charge in [0.1, 0.15) is 9.84 Å². The highest BCUT2D eigenvalue weighted by atomic mass is 32.2. The van der Waals surface area contributed by atoms with Crippen molar-refractivity contribution in [1.82, 2.24) is 29.4 Å². The first-order chi connectivity index (χ1) is 48.0. The van der Waals surface area contributed by atoms with Gasteiger partial charge in [-0.05, 0) is 214 Å². The Morgan fingerprint density at radius 2 is 0.713 bits per heavy atom. The first kappa shape index (κ1) is 86.7. The molecule has 562 valence electrons. The van der Waals surface area contributed by atoms with Gasteiger partial charge in [0.15, 0.2) is 0 Å². The van der Waals surface area contributed by atoms with Gasteiger partial charge in [-0.2, -0.15) is 0 Å². The molecule has 0 amide bonds. The van der Waals surface area contributed by atoms with Crippen molar-refractivity contribution in [3.05, 3.63) is 212 Å². The van der Waals surface area contributed by atoms with Crippen LogP contribution in [0.1, 0.15) is 224 Å². The van der Waals surface area contributed by atoms with Crippen molar-refractivity contribution >= 4 is 20.6 Å². The van der Waals surface area contributed by atoms with Crippen LogP contribution in [0.25, 0.3) is 0 Å². The van der Waals surface area contributed by atoms with Crippen LogP contribution in [-0.4, -0.2) is 190 Å². The molecule has 4 heterocycles. The number of aryl methyl sites for hydroxylation is 2. The summed E-state index contributed by atoms with van der Waals surface area (Å²) >= 11 is 0. The molecular weight excluding hydrogens is 1290 g/mol. The van der Waals surface area contributed by atoms with Gasteiger partial charge in [-0.15, -0.1) is 0 Å². The molecule has 0 spiro atoms. The molecule has 0 bridgehead atoms. The van der Waals surface area contributed by atoms with Gasteiger partial charge in [-0.25, -0.2) is 8.42 Å². The molecule has 4 aliphatic heterocycles. The minimum atomic E-state index is -2.85. The number of likely N-dealkylation sites (tertiary alicyclic amines) is 3. The topological polar surface area (TPSA) is 100 Å². The summed E-state index contributed by atoms with van der Waals surface area (Å²) in [5, 5.41) is 9.46. The normalized spacial score (nSPS) is 16.7. The number of hydrogen-bond donors (Lipinski definition) is 1. The summed E-state index contributed by atoms with van der Waals surface area (Å²) in [6.45, 7) is 42.0. The molecule has 6 aromatic carbocycles. The predicted molar refractivity (Wildman–Crippen MR) is 435 cm³/mol. The van der Waals surface area contributed by atoms with E-state index in [0.717, 1.165) is 115 Å². The van der Waals surface area contributed by atoms with Crippen LogP contribution in [0.15, 0.2) is 146 Å². The number of sulfone groups is 1. The Balaban J connectivity index is 0.000000220. The molecule has 1 N–H and O–H groups in total. The van der Waals surface area contributed by atoms with Gasteiger partial charge >= 0.3 is 0 Å². The van der Waals surface area contributed by atoms with E-state index in [4.69, 9.17) is 4.74 Å². The standard InChI is InChI=1S/C19H30N2O.C17H28N2.C15H23NO.C13H21N.C12H18O2S.C12H18OS/c1-16(2)18-5-3-17(4-6-18)15-20-9-7-19(8-10-20)21-11-13-22-14-12-21;1-14(2)16-7-5-15(6-8-16)13-19-11-9-17(10-12-19)18(3)4;1-12(2)14-5-3-13(4-6-14)11-16-9-7-15(17)8-10-16;1-11(2)13-7-5-12(6-8-13)9-10-14(3)4;1-10(2)12-6-4-11(5-7-12)8-9-15(3,13)14;1-10(2)12-6-4-11(5-7-12)8-9-14(3)13/h3-6,16,19H,7-15H2,1-2H3;5-8,14,17H,9-13H2,1-4H3;3-6,12,15,17H,7-11H2,1-2H3;5-8,11H,9-10H2,1-4H3;4-7,10H,8-9H2,1-3H3;4-7,10H,8-9H2,1-3H3. The van der Waals surface area contributed by atoms with E-state index in [1.165, 1.54) is 119 Å². The Kier molecular flexibility index (Phi) is 39.6. The van der Waals surface area contributed by atoms with Gasteiger partial charge in [-0.1, -0.05) is 229 Å². The third-order valence-electron chi connectivity index (χ3n) is 20.3. The molecule has 13 heteroatoms. The van der Waals surface area contributed by atoms with E-state index in [2.05, 4.69) is 274 Å². The molecule has 0 aliphatic carbocycles. The van der Waals surface area contributed by atoms with Crippen molar-refractivity contribution in [2.24, 2.45) is 0 Å². The molecule has 11 nitrogen and oxygen atoms in total. The largest absolute Gasteiger partial charge is 0.393 e. The lowest BCUT2D eigenvalue weighted by molar-refractivity contribution is 0.000230. The van der Waals surface area contributed by atoms with Crippen LogP contribution in [0.4, 0.5) is 0 Å². The van der Waals surface area contributed by atoms with Crippen LogP contribution < -0.4 is 0 Å². The van der Waals surface area contributed by atoms with Gasteiger partial charge in [0, 0.05) is 93.5 Å². The van der Waals surface area contributed by atoms with Gasteiger partial charge < -0.3 is 19.6 Å². The number of aliphatic hydroxyl groups is 1. The van der Waals surface area contributed by atoms with E-state index in [1.54, 1.807) is 6.26 Å². The number of aliphatic hydroxyl groups excluding tert-OH is 1. The highest BCUT2D eigenvalue weighted by molar-refractivity contribution is 7.90. The third-order valence-corrected chi connectivity index (χ3v) is 22.1. The quantitative estimate of drug-likeness (QED) is 0.0664. The van der Waals surface area contributed by atoms with E-state index in [1.807, 2.05) is 12.1 Å². The van der Waals surface area contributed by atoms with Gasteiger partial charge in [0.2, 0.25) is 0 Å². The zero-order valence-corrected chi connectivity index (χ0v) is 67.9. The molecule has 4 saturated heterocycles.